The summed E-state index contributed by atoms with van der Waals surface area (Å²) in [6, 6.07) is 3.69. The van der Waals surface area contributed by atoms with Crippen molar-refractivity contribution in [3.8, 4) is 0 Å². The van der Waals surface area contributed by atoms with Crippen molar-refractivity contribution in [1.82, 2.24) is 10.3 Å². The zero-order chi connectivity index (χ0) is 23.9. The van der Waals surface area contributed by atoms with Gasteiger partial charge in [-0.15, -0.1) is 0 Å². The maximum Gasteiger partial charge on any atom is 0.308 e. The third-order valence-corrected chi connectivity index (χ3v) is 8.11. The van der Waals surface area contributed by atoms with E-state index in [0.717, 1.165) is 31.2 Å². The monoisotopic (exact) mass is 474 g/mol. The number of hydrogen-bond donors (Lipinski definition) is 1. The molecule has 1 amide bonds. The number of rotatable bonds is 6. The molecule has 4 saturated heterocycles. The Morgan fingerprint density at radius 2 is 2.03 bits per heavy atom. The summed E-state index contributed by atoms with van der Waals surface area (Å²) in [6.45, 7) is 6.52. The maximum atomic E-state index is 12.6. The molecule has 1 saturated carbocycles. The van der Waals surface area contributed by atoms with E-state index in [9.17, 15) is 9.59 Å². The van der Waals surface area contributed by atoms with E-state index in [1.807, 2.05) is 26.0 Å². The molecule has 1 spiro atoms. The predicted molar refractivity (Wildman–Crippen MR) is 118 cm³/mol. The molecule has 8 atom stereocenters. The standard InChI is InChI=1S/C25H34N2O7/c1-15-6-7-19-16(2)22(31-23-25(19)18(15)10-11-24(3,32-23)33-34-25)30-21(29)9-8-20(28)27-14-17-5-4-12-26-13-17/h4-5,12-13,15-16,18-19,22-23H,6-11,14H2,1-3H3,(H,27,28)/t15-,16+,18-,19+,22+,23-,24-,25+/m0/s1. The van der Waals surface area contributed by atoms with Gasteiger partial charge in [0, 0.05) is 43.6 Å². The minimum Gasteiger partial charge on any atom is -0.435 e. The highest BCUT2D eigenvalue weighted by molar-refractivity contribution is 5.81. The van der Waals surface area contributed by atoms with Crippen molar-refractivity contribution in [2.24, 2.45) is 23.7 Å². The molecule has 2 bridgehead atoms. The molecular formula is C25H34N2O7. The van der Waals surface area contributed by atoms with E-state index in [-0.39, 0.29) is 36.5 Å². The van der Waals surface area contributed by atoms with Crippen molar-refractivity contribution in [2.45, 2.75) is 89.8 Å². The Balaban J connectivity index is 1.20. The zero-order valence-corrected chi connectivity index (χ0v) is 20.0. The minimum absolute atomic E-state index is 0.0240. The van der Waals surface area contributed by atoms with Crippen LogP contribution in [0.4, 0.5) is 0 Å². The van der Waals surface area contributed by atoms with Crippen molar-refractivity contribution >= 4 is 11.9 Å². The highest BCUT2D eigenvalue weighted by atomic mass is 17.3. The lowest BCUT2D eigenvalue weighted by Crippen LogP contribution is -2.70. The first kappa shape index (κ1) is 23.7. The molecule has 0 aromatic carbocycles. The average Bonchev–Trinajstić information content (AvgIpc) is 3.06. The third-order valence-electron chi connectivity index (χ3n) is 8.11. The summed E-state index contributed by atoms with van der Waals surface area (Å²) < 4.78 is 18.3. The summed E-state index contributed by atoms with van der Waals surface area (Å²) in [7, 11) is 0. The zero-order valence-electron chi connectivity index (χ0n) is 20.0. The quantitative estimate of drug-likeness (QED) is 0.495. The van der Waals surface area contributed by atoms with Gasteiger partial charge in [0.25, 0.3) is 0 Å². The Hall–Kier alpha value is -2.07. The van der Waals surface area contributed by atoms with E-state index in [0.29, 0.717) is 12.5 Å². The van der Waals surface area contributed by atoms with Crippen molar-refractivity contribution in [1.29, 1.82) is 0 Å². The summed E-state index contributed by atoms with van der Waals surface area (Å²) in [5.74, 6) is -0.856. The molecule has 0 radical (unpaired) electrons. The molecule has 186 valence electrons. The molecule has 1 aromatic rings. The van der Waals surface area contributed by atoms with Gasteiger partial charge >= 0.3 is 5.97 Å². The minimum atomic E-state index is -0.876. The SMILES string of the molecule is C[C@H]1[C@H](OC(=O)CCC(=O)NCc2cccnc2)O[C@H]2O[C@]3(C)CC[C@H]4[C@@H](C)CC[C@H]1[C@@]24OO3. The molecule has 1 N–H and O–H groups in total. The Labute approximate surface area is 199 Å². The van der Waals surface area contributed by atoms with Crippen LogP contribution in [0.25, 0.3) is 0 Å². The Kier molecular flexibility index (Phi) is 6.39. The lowest BCUT2D eigenvalue weighted by Gasteiger charge is -2.59. The number of pyridine rings is 1. The number of esters is 1. The van der Waals surface area contributed by atoms with Crippen molar-refractivity contribution < 1.29 is 33.6 Å². The van der Waals surface area contributed by atoms with Crippen molar-refractivity contribution in [2.75, 3.05) is 0 Å². The average molecular weight is 475 g/mol. The number of ether oxygens (including phenoxy) is 3. The second-order valence-electron chi connectivity index (χ2n) is 10.4. The van der Waals surface area contributed by atoms with Gasteiger partial charge < -0.3 is 19.5 Å². The number of nitrogens with zero attached hydrogens (tertiary/aromatic N) is 1. The number of nitrogens with one attached hydrogen (secondary N) is 1. The largest absolute Gasteiger partial charge is 0.435 e. The highest BCUT2D eigenvalue weighted by Gasteiger charge is 2.69. The molecule has 5 fully saturated rings. The van der Waals surface area contributed by atoms with Crippen LogP contribution in [0.2, 0.25) is 0 Å². The van der Waals surface area contributed by atoms with Gasteiger partial charge in [-0.25, -0.2) is 9.78 Å². The van der Waals surface area contributed by atoms with Gasteiger partial charge in [-0.3, -0.25) is 14.6 Å². The topological polar surface area (TPSA) is 105 Å². The van der Waals surface area contributed by atoms with Gasteiger partial charge in [-0.05, 0) is 49.7 Å². The normalized spacial score (nSPS) is 40.7. The number of carbonyl (C=O) groups excluding carboxylic acids is 2. The van der Waals surface area contributed by atoms with Crippen LogP contribution >= 0.6 is 0 Å². The first-order valence-electron chi connectivity index (χ1n) is 12.4. The van der Waals surface area contributed by atoms with Crippen LogP contribution in [0.3, 0.4) is 0 Å². The molecule has 6 rings (SSSR count). The number of carbonyl (C=O) groups is 2. The molecule has 34 heavy (non-hydrogen) atoms. The Bertz CT molecular complexity index is 914. The molecule has 0 unspecified atom stereocenters. The van der Waals surface area contributed by atoms with Gasteiger partial charge in [0.1, 0.15) is 0 Å². The fourth-order valence-corrected chi connectivity index (χ4v) is 6.20. The van der Waals surface area contributed by atoms with Crippen LogP contribution in [-0.4, -0.2) is 40.8 Å². The van der Waals surface area contributed by atoms with Crippen LogP contribution in [0, 0.1) is 23.7 Å². The van der Waals surface area contributed by atoms with Crippen LogP contribution in [0.5, 0.6) is 0 Å². The van der Waals surface area contributed by atoms with Crippen molar-refractivity contribution in [3.63, 3.8) is 0 Å². The molecule has 9 nitrogen and oxygen atoms in total. The van der Waals surface area contributed by atoms with Crippen molar-refractivity contribution in [3.05, 3.63) is 30.1 Å². The first-order valence-corrected chi connectivity index (χ1v) is 12.4. The number of amides is 1. The lowest BCUT2D eigenvalue weighted by atomic mass is 9.58. The van der Waals surface area contributed by atoms with E-state index in [2.05, 4.69) is 17.2 Å². The second-order valence-corrected chi connectivity index (χ2v) is 10.4. The molecule has 9 heteroatoms. The number of aromatic nitrogens is 1. The third kappa shape index (κ3) is 4.23. The molecule has 1 aliphatic carbocycles. The van der Waals surface area contributed by atoms with Gasteiger partial charge in [-0.2, -0.15) is 0 Å². The number of fused-ring (bicyclic) bond motifs is 2. The smallest absolute Gasteiger partial charge is 0.308 e. The number of hydrogen-bond acceptors (Lipinski definition) is 8. The maximum absolute atomic E-state index is 12.6. The molecule has 4 aliphatic heterocycles. The van der Waals surface area contributed by atoms with Crippen LogP contribution in [-0.2, 0) is 40.1 Å². The van der Waals surface area contributed by atoms with Gasteiger partial charge in [0.05, 0.1) is 6.42 Å². The molecule has 1 aromatic heterocycles. The summed E-state index contributed by atoms with van der Waals surface area (Å²) in [4.78, 5) is 40.7. The Morgan fingerprint density at radius 3 is 2.82 bits per heavy atom. The summed E-state index contributed by atoms with van der Waals surface area (Å²) in [5.41, 5.74) is 0.205. The van der Waals surface area contributed by atoms with Gasteiger partial charge in [0.15, 0.2) is 11.9 Å². The summed E-state index contributed by atoms with van der Waals surface area (Å²) in [5, 5.41) is 2.80. The second kappa shape index (κ2) is 9.18. The van der Waals surface area contributed by atoms with Crippen LogP contribution < -0.4 is 5.32 Å². The highest BCUT2D eigenvalue weighted by Crippen LogP contribution is 2.60. The van der Waals surface area contributed by atoms with Crippen LogP contribution in [0.1, 0.15) is 64.9 Å². The van der Waals surface area contributed by atoms with E-state index in [1.165, 1.54) is 0 Å². The molecule has 5 aliphatic rings. The summed E-state index contributed by atoms with van der Waals surface area (Å²) >= 11 is 0. The fourth-order valence-electron chi connectivity index (χ4n) is 6.20. The fraction of sp³-hybridized carbons (Fsp3) is 0.720. The van der Waals surface area contributed by atoms with E-state index in [4.69, 9.17) is 24.0 Å². The Morgan fingerprint density at radius 1 is 1.18 bits per heavy atom. The van der Waals surface area contributed by atoms with Gasteiger partial charge in [0.2, 0.25) is 18.0 Å². The first-order chi connectivity index (χ1) is 16.3. The predicted octanol–water partition coefficient (Wildman–Crippen LogP) is 3.23. The molecular weight excluding hydrogens is 440 g/mol. The van der Waals surface area contributed by atoms with Crippen LogP contribution in [0.15, 0.2) is 24.5 Å². The van der Waals surface area contributed by atoms with E-state index < -0.39 is 29.9 Å². The van der Waals surface area contributed by atoms with E-state index >= 15 is 0 Å². The lowest BCUT2D eigenvalue weighted by molar-refractivity contribution is -0.576. The van der Waals surface area contributed by atoms with Gasteiger partial charge in [-0.1, -0.05) is 19.9 Å². The summed E-state index contributed by atoms with van der Waals surface area (Å²) in [6.07, 6.45) is 5.64. The molecule has 5 heterocycles. The van der Waals surface area contributed by atoms with E-state index in [1.54, 1.807) is 12.4 Å².